The normalized spacial score (nSPS) is 10.5. The minimum atomic E-state index is -0.223. The molecule has 0 bridgehead atoms. The van der Waals surface area contributed by atoms with Gasteiger partial charge in [0.05, 0.1) is 10.2 Å². The van der Waals surface area contributed by atoms with Crippen molar-refractivity contribution < 1.29 is 8.98 Å². The zero-order valence-electron chi connectivity index (χ0n) is 8.10. The molecule has 0 fully saturated rings. The minimum Gasteiger partial charge on any atom is -0.384 e. The van der Waals surface area contributed by atoms with E-state index in [1.165, 1.54) is 11.3 Å². The summed E-state index contributed by atoms with van der Waals surface area (Å²) in [5.41, 5.74) is 0.942. The third kappa shape index (κ3) is 2.49. The van der Waals surface area contributed by atoms with Crippen molar-refractivity contribution in [1.29, 1.82) is 0 Å². The fourth-order valence-corrected chi connectivity index (χ4v) is 2.65. The van der Waals surface area contributed by atoms with Gasteiger partial charge in [-0.3, -0.25) is 4.79 Å². The predicted molar refractivity (Wildman–Crippen MR) is 61.9 cm³/mol. The number of aromatic nitrogens is 1. The average Bonchev–Trinajstić information content (AvgIpc) is 2.68. The Labute approximate surface area is 95.7 Å². The van der Waals surface area contributed by atoms with Crippen LogP contribution >= 0.6 is 23.4 Å². The number of hydrogen-bond donors (Lipinski definition) is 0. The lowest BCUT2D eigenvalue weighted by Crippen LogP contribution is -1.94. The first-order valence-electron chi connectivity index (χ1n) is 4.52. The third-order valence-corrected chi connectivity index (χ3v) is 3.56. The molecule has 0 spiro atoms. The maximum Gasteiger partial charge on any atom is 0.317 e. The van der Waals surface area contributed by atoms with Crippen molar-refractivity contribution >= 4 is 39.6 Å². The summed E-state index contributed by atoms with van der Waals surface area (Å²) in [5.74, 6) is -0.223. The van der Waals surface area contributed by atoms with E-state index >= 15 is 0 Å². The Morgan fingerprint density at radius 3 is 3.07 bits per heavy atom. The van der Waals surface area contributed by atoms with E-state index < -0.39 is 0 Å². The molecule has 0 atom stereocenters. The molecule has 0 aliphatic rings. The molecule has 5 heteroatoms. The fraction of sp³-hybridized carbons (Fsp3) is 0.200. The van der Waals surface area contributed by atoms with Crippen LogP contribution in [0.3, 0.4) is 0 Å². The number of hydrogen-bond acceptors (Lipinski definition) is 5. The molecule has 0 aliphatic carbocycles. The van der Waals surface area contributed by atoms with E-state index in [-0.39, 0.29) is 5.97 Å². The molecule has 1 aromatic heterocycles. The highest BCUT2D eigenvalue weighted by Crippen LogP contribution is 2.29. The molecule has 2 rings (SSSR count). The van der Waals surface area contributed by atoms with Crippen LogP contribution in [0.4, 0.5) is 0 Å². The molecule has 0 unspecified atom stereocenters. The Morgan fingerprint density at radius 2 is 2.33 bits per heavy atom. The van der Waals surface area contributed by atoms with Gasteiger partial charge in [-0.15, -0.1) is 11.3 Å². The molecule has 78 valence electrons. The molecule has 0 amide bonds. The number of rotatable bonds is 3. The molecule has 0 radical (unpaired) electrons. The quantitative estimate of drug-likeness (QED) is 0.771. The van der Waals surface area contributed by atoms with Crippen LogP contribution in [0.15, 0.2) is 28.6 Å². The highest BCUT2D eigenvalue weighted by molar-refractivity contribution is 7.97. The van der Waals surface area contributed by atoms with E-state index in [0.717, 1.165) is 26.6 Å². The van der Waals surface area contributed by atoms with Gasteiger partial charge in [0.25, 0.3) is 0 Å². The van der Waals surface area contributed by atoms with Crippen molar-refractivity contribution in [3.8, 4) is 0 Å². The highest BCUT2D eigenvalue weighted by atomic mass is 32.2. The molecular weight excluding hydrogens is 230 g/mol. The van der Waals surface area contributed by atoms with Crippen LogP contribution in [-0.4, -0.2) is 11.0 Å². The maximum absolute atomic E-state index is 10.9. The fourth-order valence-electron chi connectivity index (χ4n) is 1.03. The molecule has 0 saturated carbocycles. The lowest BCUT2D eigenvalue weighted by Gasteiger charge is -1.95. The SMILES string of the molecule is CCC(=O)OSc1nc2ccccc2s1. The average molecular weight is 239 g/mol. The second-order valence-corrected chi connectivity index (χ2v) is 4.85. The van der Waals surface area contributed by atoms with Crippen LogP contribution in [0.25, 0.3) is 10.2 Å². The van der Waals surface area contributed by atoms with E-state index in [0.29, 0.717) is 6.42 Å². The summed E-state index contributed by atoms with van der Waals surface area (Å²) in [7, 11) is 0. The summed E-state index contributed by atoms with van der Waals surface area (Å²) in [6.07, 6.45) is 0.387. The largest absolute Gasteiger partial charge is 0.384 e. The van der Waals surface area contributed by atoms with Gasteiger partial charge in [-0.25, -0.2) is 4.98 Å². The van der Waals surface area contributed by atoms with Gasteiger partial charge < -0.3 is 4.18 Å². The lowest BCUT2D eigenvalue weighted by atomic mass is 10.3. The molecule has 0 N–H and O–H groups in total. The lowest BCUT2D eigenvalue weighted by molar-refractivity contribution is -0.132. The summed E-state index contributed by atoms with van der Waals surface area (Å²) in [5, 5.41) is 0. The van der Waals surface area contributed by atoms with Crippen LogP contribution in [0.5, 0.6) is 0 Å². The van der Waals surface area contributed by atoms with Gasteiger partial charge in [0.1, 0.15) is 12.0 Å². The van der Waals surface area contributed by atoms with Crippen LogP contribution in [0.1, 0.15) is 13.3 Å². The van der Waals surface area contributed by atoms with Gasteiger partial charge in [-0.1, -0.05) is 19.1 Å². The molecule has 0 saturated heterocycles. The number of benzene rings is 1. The molecule has 3 nitrogen and oxygen atoms in total. The van der Waals surface area contributed by atoms with Crippen molar-refractivity contribution in [3.05, 3.63) is 24.3 Å². The van der Waals surface area contributed by atoms with E-state index in [4.69, 9.17) is 4.18 Å². The van der Waals surface area contributed by atoms with Crippen molar-refractivity contribution in [2.24, 2.45) is 0 Å². The zero-order valence-corrected chi connectivity index (χ0v) is 9.73. The van der Waals surface area contributed by atoms with Gasteiger partial charge in [-0.05, 0) is 12.1 Å². The topological polar surface area (TPSA) is 39.2 Å². The van der Waals surface area contributed by atoms with Gasteiger partial charge in [0, 0.05) is 6.42 Å². The van der Waals surface area contributed by atoms with Crippen molar-refractivity contribution in [3.63, 3.8) is 0 Å². The first-order chi connectivity index (χ1) is 7.29. The minimum absolute atomic E-state index is 0.223. The molecular formula is C10H9NO2S2. The first-order valence-corrected chi connectivity index (χ1v) is 6.08. The number of nitrogens with zero attached hydrogens (tertiary/aromatic N) is 1. The molecule has 0 aliphatic heterocycles. The number of fused-ring (bicyclic) bond motifs is 1. The van der Waals surface area contributed by atoms with Gasteiger partial charge in [0.15, 0.2) is 4.34 Å². The van der Waals surface area contributed by atoms with Crippen LogP contribution < -0.4 is 0 Å². The maximum atomic E-state index is 10.9. The molecule has 15 heavy (non-hydrogen) atoms. The third-order valence-electron chi connectivity index (χ3n) is 1.77. The first kappa shape index (κ1) is 10.4. The monoisotopic (exact) mass is 239 g/mol. The van der Waals surface area contributed by atoms with Crippen molar-refractivity contribution in [1.82, 2.24) is 4.98 Å². The molecule has 1 aromatic carbocycles. The molecule has 2 aromatic rings. The summed E-state index contributed by atoms with van der Waals surface area (Å²) in [4.78, 5) is 15.3. The standard InChI is InChI=1S/C10H9NO2S2/c1-2-9(12)13-15-10-11-7-5-3-4-6-8(7)14-10/h3-6H,2H2,1H3. The molecule has 1 heterocycles. The van der Waals surface area contributed by atoms with Gasteiger partial charge in [-0.2, -0.15) is 0 Å². The Kier molecular flexibility index (Phi) is 3.23. The number of para-hydroxylation sites is 1. The summed E-state index contributed by atoms with van der Waals surface area (Å²) in [6.45, 7) is 1.77. The Balaban J connectivity index is 2.12. The van der Waals surface area contributed by atoms with Crippen LogP contribution in [0, 0.1) is 0 Å². The second kappa shape index (κ2) is 4.63. The summed E-state index contributed by atoms with van der Waals surface area (Å²) in [6, 6.07) is 7.85. The Hall–Kier alpha value is -1.07. The predicted octanol–water partition coefficient (Wildman–Crippen LogP) is 3.26. The van der Waals surface area contributed by atoms with Gasteiger partial charge >= 0.3 is 5.97 Å². The number of thiazole rings is 1. The summed E-state index contributed by atoms with van der Waals surface area (Å²) < 4.78 is 6.80. The highest BCUT2D eigenvalue weighted by Gasteiger charge is 2.07. The van der Waals surface area contributed by atoms with E-state index in [2.05, 4.69) is 4.98 Å². The van der Waals surface area contributed by atoms with Gasteiger partial charge in [0.2, 0.25) is 0 Å². The Bertz CT molecular complexity index is 448. The number of carbonyl (C=O) groups excluding carboxylic acids is 1. The second-order valence-electron chi connectivity index (χ2n) is 2.84. The Morgan fingerprint density at radius 1 is 1.53 bits per heavy atom. The van der Waals surface area contributed by atoms with E-state index in [1.54, 1.807) is 6.92 Å². The zero-order chi connectivity index (χ0) is 10.7. The van der Waals surface area contributed by atoms with Crippen molar-refractivity contribution in [2.75, 3.05) is 0 Å². The smallest absolute Gasteiger partial charge is 0.317 e. The van der Waals surface area contributed by atoms with E-state index in [9.17, 15) is 4.79 Å². The van der Waals surface area contributed by atoms with Crippen LogP contribution in [0.2, 0.25) is 0 Å². The van der Waals surface area contributed by atoms with Crippen LogP contribution in [-0.2, 0) is 8.98 Å². The van der Waals surface area contributed by atoms with E-state index in [1.807, 2.05) is 24.3 Å². The summed E-state index contributed by atoms with van der Waals surface area (Å²) >= 11 is 2.56. The van der Waals surface area contributed by atoms with Crippen molar-refractivity contribution in [2.45, 2.75) is 17.7 Å². The number of carbonyl (C=O) groups is 1.